The van der Waals surface area contributed by atoms with Gasteiger partial charge in [0.2, 0.25) is 0 Å². The molecule has 35 heavy (non-hydrogen) atoms. The summed E-state index contributed by atoms with van der Waals surface area (Å²) in [5.74, 6) is 1.69. The van der Waals surface area contributed by atoms with Crippen molar-refractivity contribution in [3.63, 3.8) is 0 Å². The number of nitrogens with zero attached hydrogens (tertiary/aromatic N) is 1. The van der Waals surface area contributed by atoms with Crippen LogP contribution < -0.4 is 10.1 Å². The Morgan fingerprint density at radius 3 is 2.60 bits per heavy atom. The van der Waals surface area contributed by atoms with Crippen molar-refractivity contribution in [3.8, 4) is 5.75 Å². The Bertz CT molecular complexity index is 1080. The van der Waals surface area contributed by atoms with E-state index in [4.69, 9.17) is 4.74 Å². The number of aryl methyl sites for hydroxylation is 1. The monoisotopic (exact) mass is 470 g/mol. The lowest BCUT2D eigenvalue weighted by Crippen LogP contribution is -2.25. The Labute approximate surface area is 210 Å². The summed E-state index contributed by atoms with van der Waals surface area (Å²) in [6.45, 7) is 6.14. The van der Waals surface area contributed by atoms with Crippen LogP contribution in [-0.4, -0.2) is 37.0 Å². The van der Waals surface area contributed by atoms with E-state index in [-0.39, 0.29) is 5.91 Å². The molecule has 1 saturated heterocycles. The second-order valence-corrected chi connectivity index (χ2v) is 10.3. The van der Waals surface area contributed by atoms with Gasteiger partial charge in [0.25, 0.3) is 5.91 Å². The second-order valence-electron chi connectivity index (χ2n) is 10.3. The SMILES string of the molecule is Cc1ccc(C2C=CC3CCCC(C(=O)Nc4cccc(OCCN5CCCC5)c4)=C3CC2)cc1. The molecule has 4 heteroatoms. The quantitative estimate of drug-likeness (QED) is 0.461. The van der Waals surface area contributed by atoms with Crippen molar-refractivity contribution in [2.75, 3.05) is 31.6 Å². The lowest BCUT2D eigenvalue weighted by molar-refractivity contribution is -0.113. The topological polar surface area (TPSA) is 41.6 Å². The Kier molecular flexibility index (Phi) is 7.68. The van der Waals surface area contributed by atoms with Crippen LogP contribution in [0.25, 0.3) is 0 Å². The van der Waals surface area contributed by atoms with Crippen molar-refractivity contribution in [2.45, 2.75) is 57.8 Å². The average Bonchev–Trinajstić information content (AvgIpc) is 3.29. The molecule has 1 amide bonds. The molecule has 184 valence electrons. The first-order chi connectivity index (χ1) is 17.2. The summed E-state index contributed by atoms with van der Waals surface area (Å²) >= 11 is 0. The summed E-state index contributed by atoms with van der Waals surface area (Å²) in [5.41, 5.74) is 5.82. The smallest absolute Gasteiger partial charge is 0.251 e. The van der Waals surface area contributed by atoms with E-state index in [2.05, 4.69) is 53.6 Å². The zero-order chi connectivity index (χ0) is 24.0. The van der Waals surface area contributed by atoms with Gasteiger partial charge in [-0.15, -0.1) is 0 Å². The number of hydrogen-bond donors (Lipinski definition) is 1. The molecule has 0 radical (unpaired) electrons. The molecule has 2 atom stereocenters. The van der Waals surface area contributed by atoms with Gasteiger partial charge in [0.1, 0.15) is 12.4 Å². The molecule has 0 bridgehead atoms. The van der Waals surface area contributed by atoms with E-state index in [0.29, 0.717) is 18.4 Å². The van der Waals surface area contributed by atoms with Gasteiger partial charge in [0.15, 0.2) is 0 Å². The number of likely N-dealkylation sites (tertiary alicyclic amines) is 1. The normalized spacial score (nSPS) is 22.5. The Hall–Kier alpha value is -2.85. The minimum Gasteiger partial charge on any atom is -0.492 e. The molecule has 0 spiro atoms. The lowest BCUT2D eigenvalue weighted by Gasteiger charge is -2.25. The third kappa shape index (κ3) is 6.05. The van der Waals surface area contributed by atoms with Crippen LogP contribution in [0.15, 0.2) is 71.8 Å². The highest BCUT2D eigenvalue weighted by Gasteiger charge is 2.28. The summed E-state index contributed by atoms with van der Waals surface area (Å²) in [5, 5.41) is 3.17. The number of anilines is 1. The summed E-state index contributed by atoms with van der Waals surface area (Å²) in [6.07, 6.45) is 12.5. The van der Waals surface area contributed by atoms with E-state index in [1.165, 1.54) is 42.6 Å². The van der Waals surface area contributed by atoms with Gasteiger partial charge in [-0.25, -0.2) is 0 Å². The molecule has 3 aliphatic rings. The van der Waals surface area contributed by atoms with E-state index in [1.54, 1.807) is 0 Å². The zero-order valence-corrected chi connectivity index (χ0v) is 21.0. The minimum atomic E-state index is 0.0566. The van der Waals surface area contributed by atoms with Gasteiger partial charge in [0, 0.05) is 29.8 Å². The molecule has 0 aromatic heterocycles. The maximum atomic E-state index is 13.4. The Balaban J connectivity index is 1.24. The minimum absolute atomic E-state index is 0.0566. The van der Waals surface area contributed by atoms with Crippen LogP contribution >= 0.6 is 0 Å². The van der Waals surface area contributed by atoms with Crippen LogP contribution in [0.5, 0.6) is 5.75 Å². The van der Waals surface area contributed by atoms with Gasteiger partial charge >= 0.3 is 0 Å². The molecule has 1 aliphatic heterocycles. The highest BCUT2D eigenvalue weighted by molar-refractivity contribution is 6.04. The zero-order valence-electron chi connectivity index (χ0n) is 21.0. The first-order valence-corrected chi connectivity index (χ1v) is 13.4. The third-order valence-corrected chi connectivity index (χ3v) is 7.82. The fourth-order valence-electron chi connectivity index (χ4n) is 5.80. The average molecular weight is 471 g/mol. The molecule has 4 nitrogen and oxygen atoms in total. The van der Waals surface area contributed by atoms with Gasteiger partial charge < -0.3 is 10.1 Å². The number of carbonyl (C=O) groups excluding carboxylic acids is 1. The third-order valence-electron chi connectivity index (χ3n) is 7.82. The van der Waals surface area contributed by atoms with E-state index in [0.717, 1.165) is 55.7 Å². The van der Waals surface area contributed by atoms with Gasteiger partial charge in [-0.05, 0) is 88.6 Å². The van der Waals surface area contributed by atoms with Gasteiger partial charge in [-0.1, -0.05) is 53.6 Å². The van der Waals surface area contributed by atoms with Crippen LogP contribution in [-0.2, 0) is 4.79 Å². The number of allylic oxidation sites excluding steroid dienone is 3. The Morgan fingerprint density at radius 1 is 0.971 bits per heavy atom. The van der Waals surface area contributed by atoms with Crippen LogP contribution in [0.2, 0.25) is 0 Å². The van der Waals surface area contributed by atoms with Crippen molar-refractivity contribution in [1.29, 1.82) is 0 Å². The van der Waals surface area contributed by atoms with Gasteiger partial charge in [0.05, 0.1) is 0 Å². The largest absolute Gasteiger partial charge is 0.492 e. The molecular weight excluding hydrogens is 432 g/mol. The second kappa shape index (κ2) is 11.3. The number of ether oxygens (including phenoxy) is 1. The van der Waals surface area contributed by atoms with Crippen molar-refractivity contribution >= 4 is 11.6 Å². The van der Waals surface area contributed by atoms with Crippen molar-refractivity contribution in [1.82, 2.24) is 4.90 Å². The number of fused-ring (bicyclic) bond motifs is 1. The predicted octanol–water partition coefficient (Wildman–Crippen LogP) is 6.64. The van der Waals surface area contributed by atoms with E-state index in [9.17, 15) is 4.79 Å². The number of amides is 1. The molecule has 2 unspecified atom stereocenters. The number of hydrogen-bond acceptors (Lipinski definition) is 3. The molecule has 1 fully saturated rings. The molecule has 1 N–H and O–H groups in total. The molecule has 2 aliphatic carbocycles. The summed E-state index contributed by atoms with van der Waals surface area (Å²) in [7, 11) is 0. The fourth-order valence-corrected chi connectivity index (χ4v) is 5.80. The highest BCUT2D eigenvalue weighted by Crippen LogP contribution is 2.40. The standard InChI is InChI=1S/C31H38N2O2/c1-23-10-12-24(13-11-23)25-14-15-26-6-4-9-30(29(26)17-16-25)31(34)32-27-7-5-8-28(22-27)35-21-20-33-18-2-3-19-33/h5,7-8,10-15,22,25-26H,2-4,6,9,16-21H2,1H3,(H,32,34). The van der Waals surface area contributed by atoms with Crippen LogP contribution in [0.4, 0.5) is 5.69 Å². The number of benzene rings is 2. The van der Waals surface area contributed by atoms with Gasteiger partial charge in [-0.3, -0.25) is 9.69 Å². The van der Waals surface area contributed by atoms with E-state index < -0.39 is 0 Å². The van der Waals surface area contributed by atoms with Crippen LogP contribution in [0.1, 0.15) is 62.0 Å². The van der Waals surface area contributed by atoms with Crippen molar-refractivity contribution < 1.29 is 9.53 Å². The number of nitrogens with one attached hydrogen (secondary N) is 1. The predicted molar refractivity (Wildman–Crippen MR) is 143 cm³/mol. The molecule has 2 aromatic carbocycles. The molecule has 2 aromatic rings. The summed E-state index contributed by atoms with van der Waals surface area (Å²) in [4.78, 5) is 15.8. The fraction of sp³-hybridized carbons (Fsp3) is 0.452. The maximum Gasteiger partial charge on any atom is 0.251 e. The highest BCUT2D eigenvalue weighted by atomic mass is 16.5. The van der Waals surface area contributed by atoms with E-state index >= 15 is 0 Å². The maximum absolute atomic E-state index is 13.4. The first kappa shape index (κ1) is 23.9. The van der Waals surface area contributed by atoms with Crippen molar-refractivity contribution in [3.05, 3.63) is 83.0 Å². The Morgan fingerprint density at radius 2 is 1.77 bits per heavy atom. The molecule has 1 heterocycles. The van der Waals surface area contributed by atoms with Crippen molar-refractivity contribution in [2.24, 2.45) is 5.92 Å². The molecule has 5 rings (SSSR count). The summed E-state index contributed by atoms with van der Waals surface area (Å²) < 4.78 is 5.99. The number of rotatable bonds is 7. The number of carbonyl (C=O) groups is 1. The molecular formula is C31H38N2O2. The summed E-state index contributed by atoms with van der Waals surface area (Å²) in [6, 6.07) is 16.7. The van der Waals surface area contributed by atoms with Gasteiger partial charge in [-0.2, -0.15) is 0 Å². The first-order valence-electron chi connectivity index (χ1n) is 13.4. The lowest BCUT2D eigenvalue weighted by atomic mass is 9.80. The van der Waals surface area contributed by atoms with Crippen LogP contribution in [0, 0.1) is 12.8 Å². The molecule has 0 saturated carbocycles. The van der Waals surface area contributed by atoms with E-state index in [1.807, 2.05) is 24.3 Å². The van der Waals surface area contributed by atoms with Crippen LogP contribution in [0.3, 0.4) is 0 Å².